The number of carboxylic acid groups (broad SMARTS) is 1. The molecule has 1 aliphatic heterocycles. The van der Waals surface area contributed by atoms with Crippen molar-refractivity contribution in [1.82, 2.24) is 25.1 Å². The Hall–Kier alpha value is -2.09. The van der Waals surface area contributed by atoms with Gasteiger partial charge in [-0.15, -0.1) is 0 Å². The number of carbonyl (C=O) groups is 2. The van der Waals surface area contributed by atoms with E-state index >= 15 is 0 Å². The first-order valence-corrected chi connectivity index (χ1v) is 6.92. The molecule has 8 nitrogen and oxygen atoms in total. The topological polar surface area (TPSA) is 102 Å². The lowest BCUT2D eigenvalue weighted by Crippen LogP contribution is -2.52. The Morgan fingerprint density at radius 3 is 3.00 bits per heavy atom. The van der Waals surface area contributed by atoms with Crippen LogP contribution in [0.15, 0.2) is 6.33 Å². The summed E-state index contributed by atoms with van der Waals surface area (Å²) in [6.07, 6.45) is 2.58. The smallest absolute Gasteiger partial charge is 0.326 e. The molecule has 0 aromatic carbocycles. The van der Waals surface area contributed by atoms with E-state index in [0.717, 1.165) is 24.4 Å². The number of nitrogens with zero attached hydrogens (tertiary/aromatic N) is 3. The van der Waals surface area contributed by atoms with Gasteiger partial charge in [0, 0.05) is 13.0 Å². The molecule has 1 aromatic heterocycles. The fourth-order valence-corrected chi connectivity index (χ4v) is 2.36. The van der Waals surface area contributed by atoms with Gasteiger partial charge < -0.3 is 25.2 Å². The molecular weight excluding hydrogens is 274 g/mol. The summed E-state index contributed by atoms with van der Waals surface area (Å²) in [5.74, 6) is -1.01. The van der Waals surface area contributed by atoms with Crippen molar-refractivity contribution in [2.75, 3.05) is 27.2 Å². The molecule has 3 N–H and O–H groups in total. The van der Waals surface area contributed by atoms with Crippen LogP contribution in [0.1, 0.15) is 17.8 Å². The average molecular weight is 295 g/mol. The van der Waals surface area contributed by atoms with Gasteiger partial charge in [-0.2, -0.15) is 0 Å². The number of carbonyl (C=O) groups excluding carboxylic acids is 1. The summed E-state index contributed by atoms with van der Waals surface area (Å²) in [6, 6.07) is -1.21. The minimum absolute atomic E-state index is 0.235. The lowest BCUT2D eigenvalue weighted by Gasteiger charge is -2.32. The summed E-state index contributed by atoms with van der Waals surface area (Å²) >= 11 is 0. The highest BCUT2D eigenvalue weighted by Crippen LogP contribution is 2.20. The molecule has 1 unspecified atom stereocenters. The fraction of sp³-hybridized carbons (Fsp3) is 0.615. The van der Waals surface area contributed by atoms with Crippen LogP contribution in [0.3, 0.4) is 0 Å². The molecule has 2 amide bonds. The Bertz CT molecular complexity index is 514. The molecule has 1 aromatic rings. The van der Waals surface area contributed by atoms with Gasteiger partial charge in [0.2, 0.25) is 0 Å². The standard InChI is InChI=1S/C13H21N5O3/c1-17(2)5-3-4-14-13(21)18-7-10-9(15-8-16-10)6-11(18)12(19)20/h8,11H,3-7H2,1-2H3,(H,14,21)(H,15,16)(H,19,20). The van der Waals surface area contributed by atoms with E-state index in [-0.39, 0.29) is 19.0 Å². The van der Waals surface area contributed by atoms with Gasteiger partial charge in [0.25, 0.3) is 0 Å². The van der Waals surface area contributed by atoms with Crippen LogP contribution in [-0.4, -0.2) is 70.1 Å². The highest BCUT2D eigenvalue weighted by Gasteiger charge is 2.35. The van der Waals surface area contributed by atoms with Crippen LogP contribution in [0, 0.1) is 0 Å². The second-order valence-electron chi connectivity index (χ2n) is 5.40. The Morgan fingerprint density at radius 1 is 1.57 bits per heavy atom. The van der Waals surface area contributed by atoms with E-state index in [1.807, 2.05) is 19.0 Å². The predicted molar refractivity (Wildman–Crippen MR) is 75.8 cm³/mol. The van der Waals surface area contributed by atoms with Gasteiger partial charge in [-0.1, -0.05) is 0 Å². The summed E-state index contributed by atoms with van der Waals surface area (Å²) in [5, 5.41) is 12.1. The second-order valence-corrected chi connectivity index (χ2v) is 5.40. The lowest BCUT2D eigenvalue weighted by molar-refractivity contribution is -0.142. The van der Waals surface area contributed by atoms with Gasteiger partial charge in [-0.25, -0.2) is 14.6 Å². The van der Waals surface area contributed by atoms with Crippen molar-refractivity contribution in [3.63, 3.8) is 0 Å². The van der Waals surface area contributed by atoms with Crippen molar-refractivity contribution in [1.29, 1.82) is 0 Å². The maximum absolute atomic E-state index is 12.2. The Kier molecular flexibility index (Phi) is 4.79. The van der Waals surface area contributed by atoms with Crippen LogP contribution >= 0.6 is 0 Å². The number of carboxylic acids is 1. The van der Waals surface area contributed by atoms with Gasteiger partial charge in [0.15, 0.2) is 0 Å². The number of aromatic nitrogens is 2. The van der Waals surface area contributed by atoms with Crippen molar-refractivity contribution in [2.24, 2.45) is 0 Å². The summed E-state index contributed by atoms with van der Waals surface area (Å²) in [6.45, 7) is 1.63. The van der Waals surface area contributed by atoms with Gasteiger partial charge in [-0.05, 0) is 27.1 Å². The number of rotatable bonds is 5. The van der Waals surface area contributed by atoms with Crippen molar-refractivity contribution in [3.05, 3.63) is 17.7 Å². The Morgan fingerprint density at radius 2 is 2.33 bits per heavy atom. The molecule has 0 saturated heterocycles. The van der Waals surface area contributed by atoms with Crippen LogP contribution in [0.25, 0.3) is 0 Å². The maximum atomic E-state index is 12.2. The molecule has 0 bridgehead atoms. The zero-order valence-corrected chi connectivity index (χ0v) is 12.3. The first-order chi connectivity index (χ1) is 9.99. The molecule has 21 heavy (non-hydrogen) atoms. The Balaban J connectivity index is 1.96. The number of urea groups is 1. The third-order valence-corrected chi connectivity index (χ3v) is 3.50. The van der Waals surface area contributed by atoms with Crippen LogP contribution < -0.4 is 5.32 Å². The van der Waals surface area contributed by atoms with Crippen molar-refractivity contribution in [2.45, 2.75) is 25.4 Å². The molecule has 2 rings (SSSR count). The minimum atomic E-state index is -1.01. The predicted octanol–water partition coefficient (Wildman–Crippen LogP) is -0.118. The number of hydrogen-bond acceptors (Lipinski definition) is 4. The van der Waals surface area contributed by atoms with E-state index in [4.69, 9.17) is 0 Å². The van der Waals surface area contributed by atoms with Crippen molar-refractivity contribution >= 4 is 12.0 Å². The van der Waals surface area contributed by atoms with E-state index in [1.165, 1.54) is 11.2 Å². The maximum Gasteiger partial charge on any atom is 0.326 e. The number of imidazole rings is 1. The largest absolute Gasteiger partial charge is 0.480 e. The third-order valence-electron chi connectivity index (χ3n) is 3.50. The number of fused-ring (bicyclic) bond motifs is 1. The van der Waals surface area contributed by atoms with Crippen LogP contribution in [0.4, 0.5) is 4.79 Å². The van der Waals surface area contributed by atoms with Crippen LogP contribution in [-0.2, 0) is 17.8 Å². The average Bonchev–Trinajstić information content (AvgIpc) is 2.88. The number of aromatic amines is 1. The van der Waals surface area contributed by atoms with E-state index in [2.05, 4.69) is 15.3 Å². The minimum Gasteiger partial charge on any atom is -0.480 e. The number of hydrogen-bond donors (Lipinski definition) is 3. The molecule has 0 fully saturated rings. The Labute approximate surface area is 123 Å². The molecule has 0 saturated carbocycles. The molecule has 0 spiro atoms. The summed E-state index contributed by atoms with van der Waals surface area (Å²) in [4.78, 5) is 34.0. The number of H-pyrrole nitrogens is 1. The first kappa shape index (κ1) is 15.3. The summed E-state index contributed by atoms with van der Waals surface area (Å²) in [5.41, 5.74) is 1.52. The molecule has 0 radical (unpaired) electrons. The van der Waals surface area contributed by atoms with Gasteiger partial charge in [0.1, 0.15) is 6.04 Å². The molecular formula is C13H21N5O3. The SMILES string of the molecule is CN(C)CCCNC(=O)N1Cc2[nH]cnc2CC1C(=O)O. The molecule has 2 heterocycles. The highest BCUT2D eigenvalue weighted by molar-refractivity contribution is 5.83. The third kappa shape index (κ3) is 3.72. The van der Waals surface area contributed by atoms with E-state index in [1.54, 1.807) is 0 Å². The normalized spacial score (nSPS) is 17.7. The van der Waals surface area contributed by atoms with Crippen LogP contribution in [0.2, 0.25) is 0 Å². The monoisotopic (exact) mass is 295 g/mol. The summed E-state index contributed by atoms with van der Waals surface area (Å²) in [7, 11) is 3.93. The quantitative estimate of drug-likeness (QED) is 0.658. The van der Waals surface area contributed by atoms with Gasteiger partial charge >= 0.3 is 12.0 Å². The first-order valence-electron chi connectivity index (χ1n) is 6.92. The zero-order valence-electron chi connectivity index (χ0n) is 12.3. The van der Waals surface area contributed by atoms with Gasteiger partial charge in [-0.3, -0.25) is 0 Å². The highest BCUT2D eigenvalue weighted by atomic mass is 16.4. The zero-order chi connectivity index (χ0) is 15.4. The molecule has 116 valence electrons. The number of aliphatic carboxylic acids is 1. The number of amides is 2. The number of nitrogens with one attached hydrogen (secondary N) is 2. The summed E-state index contributed by atoms with van der Waals surface area (Å²) < 4.78 is 0. The molecule has 1 atom stereocenters. The molecule has 8 heteroatoms. The van der Waals surface area contributed by atoms with Crippen molar-refractivity contribution in [3.8, 4) is 0 Å². The van der Waals surface area contributed by atoms with Crippen LogP contribution in [0.5, 0.6) is 0 Å². The lowest BCUT2D eigenvalue weighted by atomic mass is 10.0. The van der Waals surface area contributed by atoms with E-state index in [9.17, 15) is 14.7 Å². The molecule has 0 aliphatic carbocycles. The van der Waals surface area contributed by atoms with E-state index in [0.29, 0.717) is 6.54 Å². The van der Waals surface area contributed by atoms with Crippen molar-refractivity contribution < 1.29 is 14.7 Å². The second kappa shape index (κ2) is 6.57. The fourth-order valence-electron chi connectivity index (χ4n) is 2.36. The van der Waals surface area contributed by atoms with Gasteiger partial charge in [0.05, 0.1) is 24.3 Å². The van der Waals surface area contributed by atoms with E-state index < -0.39 is 12.0 Å². The molecule has 1 aliphatic rings.